The van der Waals surface area contributed by atoms with Crippen molar-refractivity contribution in [2.24, 2.45) is 11.7 Å². The quantitative estimate of drug-likeness (QED) is 0.758. The predicted molar refractivity (Wildman–Crippen MR) is 89.1 cm³/mol. The van der Waals surface area contributed by atoms with E-state index in [4.69, 9.17) is 17.3 Å². The summed E-state index contributed by atoms with van der Waals surface area (Å²) in [6.45, 7) is 10.2. The minimum atomic E-state index is -0.373. The molecule has 0 aliphatic carbocycles. The van der Waals surface area contributed by atoms with Crippen LogP contribution in [-0.4, -0.2) is 24.0 Å². The van der Waals surface area contributed by atoms with Crippen molar-refractivity contribution in [3.05, 3.63) is 34.6 Å². The minimum absolute atomic E-state index is 0.0315. The highest BCUT2D eigenvalue weighted by molar-refractivity contribution is 6.30. The minimum Gasteiger partial charge on any atom is -0.329 e. The SMILES string of the molecule is CCC(CC)N(CC(C)C)C(CN)c1ccc(Cl)c(F)c1. The van der Waals surface area contributed by atoms with E-state index in [0.717, 1.165) is 24.9 Å². The van der Waals surface area contributed by atoms with Gasteiger partial charge in [-0.2, -0.15) is 0 Å². The van der Waals surface area contributed by atoms with Crippen LogP contribution in [0.15, 0.2) is 18.2 Å². The molecule has 0 heterocycles. The lowest BCUT2D eigenvalue weighted by atomic mass is 9.99. The fraction of sp³-hybridized carbons (Fsp3) is 0.647. The molecule has 2 nitrogen and oxygen atoms in total. The molecule has 0 fully saturated rings. The van der Waals surface area contributed by atoms with E-state index >= 15 is 0 Å². The second-order valence-electron chi connectivity index (χ2n) is 5.99. The number of halogens is 2. The Bertz CT molecular complexity index is 433. The third-order valence-corrected chi connectivity index (χ3v) is 4.25. The van der Waals surface area contributed by atoms with E-state index in [9.17, 15) is 4.39 Å². The van der Waals surface area contributed by atoms with E-state index in [1.807, 2.05) is 6.07 Å². The fourth-order valence-electron chi connectivity index (χ4n) is 2.89. The Morgan fingerprint density at radius 1 is 1.24 bits per heavy atom. The summed E-state index contributed by atoms with van der Waals surface area (Å²) in [7, 11) is 0. The molecular weight excluding hydrogens is 287 g/mol. The lowest BCUT2D eigenvalue weighted by molar-refractivity contribution is 0.112. The molecule has 4 heteroatoms. The maximum absolute atomic E-state index is 13.8. The molecule has 0 saturated heterocycles. The summed E-state index contributed by atoms with van der Waals surface area (Å²) < 4.78 is 13.8. The average molecular weight is 315 g/mol. The van der Waals surface area contributed by atoms with Gasteiger partial charge in [0.05, 0.1) is 5.02 Å². The number of hydrogen-bond donors (Lipinski definition) is 1. The Hall–Kier alpha value is -0.640. The molecule has 0 bridgehead atoms. The smallest absolute Gasteiger partial charge is 0.142 e. The fourth-order valence-corrected chi connectivity index (χ4v) is 3.01. The first-order chi connectivity index (χ1) is 9.94. The Morgan fingerprint density at radius 3 is 2.29 bits per heavy atom. The third-order valence-electron chi connectivity index (χ3n) is 3.94. The summed E-state index contributed by atoms with van der Waals surface area (Å²) in [6.07, 6.45) is 2.13. The first kappa shape index (κ1) is 18.4. The Balaban J connectivity index is 3.12. The molecular formula is C17H28ClFN2. The van der Waals surface area contributed by atoms with Gasteiger partial charge in [-0.1, -0.05) is 45.4 Å². The van der Waals surface area contributed by atoms with Crippen molar-refractivity contribution in [3.63, 3.8) is 0 Å². The molecule has 0 amide bonds. The molecule has 1 aromatic rings. The van der Waals surface area contributed by atoms with Crippen LogP contribution in [0.2, 0.25) is 5.02 Å². The number of nitrogens with two attached hydrogens (primary N) is 1. The Labute approximate surface area is 133 Å². The number of nitrogens with zero attached hydrogens (tertiary/aromatic N) is 1. The lowest BCUT2D eigenvalue weighted by Crippen LogP contribution is -2.43. The Kier molecular flexibility index (Phi) is 7.64. The highest BCUT2D eigenvalue weighted by Gasteiger charge is 2.26. The van der Waals surface area contributed by atoms with Crippen LogP contribution in [0.25, 0.3) is 0 Å². The summed E-state index contributed by atoms with van der Waals surface area (Å²) >= 11 is 5.79. The molecule has 120 valence electrons. The van der Waals surface area contributed by atoms with E-state index in [-0.39, 0.29) is 16.9 Å². The monoisotopic (exact) mass is 314 g/mol. The van der Waals surface area contributed by atoms with Gasteiger partial charge >= 0.3 is 0 Å². The van der Waals surface area contributed by atoms with E-state index in [1.54, 1.807) is 6.07 Å². The van der Waals surface area contributed by atoms with Gasteiger partial charge in [-0.05, 0) is 36.5 Å². The zero-order valence-corrected chi connectivity index (χ0v) is 14.3. The second-order valence-corrected chi connectivity index (χ2v) is 6.39. The van der Waals surface area contributed by atoms with E-state index in [2.05, 4.69) is 32.6 Å². The van der Waals surface area contributed by atoms with Gasteiger partial charge in [-0.15, -0.1) is 0 Å². The van der Waals surface area contributed by atoms with Crippen molar-refractivity contribution in [1.82, 2.24) is 4.90 Å². The zero-order valence-electron chi connectivity index (χ0n) is 13.6. The van der Waals surface area contributed by atoms with Crippen LogP contribution in [0.3, 0.4) is 0 Å². The first-order valence-corrected chi connectivity index (χ1v) is 8.23. The summed E-state index contributed by atoms with van der Waals surface area (Å²) in [5.41, 5.74) is 6.93. The van der Waals surface area contributed by atoms with Gasteiger partial charge in [0.25, 0.3) is 0 Å². The van der Waals surface area contributed by atoms with Crippen molar-refractivity contribution in [2.75, 3.05) is 13.1 Å². The van der Waals surface area contributed by atoms with Gasteiger partial charge in [0, 0.05) is 25.2 Å². The lowest BCUT2D eigenvalue weighted by Gasteiger charge is -2.38. The van der Waals surface area contributed by atoms with Crippen LogP contribution in [0, 0.1) is 11.7 Å². The highest BCUT2D eigenvalue weighted by Crippen LogP contribution is 2.28. The van der Waals surface area contributed by atoms with E-state index < -0.39 is 0 Å². The largest absolute Gasteiger partial charge is 0.329 e. The topological polar surface area (TPSA) is 29.3 Å². The van der Waals surface area contributed by atoms with Crippen molar-refractivity contribution in [3.8, 4) is 0 Å². The summed E-state index contributed by atoms with van der Waals surface area (Å²) in [6, 6.07) is 5.52. The van der Waals surface area contributed by atoms with E-state index in [0.29, 0.717) is 18.5 Å². The highest BCUT2D eigenvalue weighted by atomic mass is 35.5. The van der Waals surface area contributed by atoms with Gasteiger partial charge in [0.15, 0.2) is 0 Å². The van der Waals surface area contributed by atoms with E-state index in [1.165, 1.54) is 6.07 Å². The molecule has 0 aliphatic rings. The van der Waals surface area contributed by atoms with Crippen molar-refractivity contribution in [2.45, 2.75) is 52.6 Å². The van der Waals surface area contributed by atoms with Crippen molar-refractivity contribution >= 4 is 11.6 Å². The van der Waals surface area contributed by atoms with Crippen LogP contribution in [0.5, 0.6) is 0 Å². The number of hydrogen-bond acceptors (Lipinski definition) is 2. The van der Waals surface area contributed by atoms with Crippen LogP contribution in [-0.2, 0) is 0 Å². The summed E-state index contributed by atoms with van der Waals surface area (Å²) in [4.78, 5) is 2.42. The Morgan fingerprint density at radius 2 is 1.86 bits per heavy atom. The van der Waals surface area contributed by atoms with Crippen LogP contribution in [0.1, 0.15) is 52.1 Å². The molecule has 1 unspecified atom stereocenters. The number of benzene rings is 1. The first-order valence-electron chi connectivity index (χ1n) is 7.85. The van der Waals surface area contributed by atoms with Gasteiger partial charge in [0.2, 0.25) is 0 Å². The van der Waals surface area contributed by atoms with Gasteiger partial charge in [-0.3, -0.25) is 4.90 Å². The van der Waals surface area contributed by atoms with Gasteiger partial charge in [0.1, 0.15) is 5.82 Å². The van der Waals surface area contributed by atoms with Gasteiger partial charge < -0.3 is 5.73 Å². The molecule has 21 heavy (non-hydrogen) atoms. The van der Waals surface area contributed by atoms with Crippen LogP contribution < -0.4 is 5.73 Å². The standard InChI is InChI=1S/C17H28ClFN2/c1-5-14(6-2)21(11-12(3)4)17(10-20)13-7-8-15(18)16(19)9-13/h7-9,12,14,17H,5-6,10-11,20H2,1-4H3. The summed E-state index contributed by atoms with van der Waals surface area (Å²) in [5, 5.41) is 0.160. The van der Waals surface area contributed by atoms with Crippen molar-refractivity contribution in [1.29, 1.82) is 0 Å². The van der Waals surface area contributed by atoms with Crippen LogP contribution >= 0.6 is 11.6 Å². The maximum atomic E-state index is 13.8. The third kappa shape index (κ3) is 4.94. The predicted octanol–water partition coefficient (Wildman–Crippen LogP) is 4.63. The second kappa shape index (κ2) is 8.72. The van der Waals surface area contributed by atoms with Crippen LogP contribution in [0.4, 0.5) is 4.39 Å². The molecule has 0 spiro atoms. The zero-order chi connectivity index (χ0) is 16.0. The summed E-state index contributed by atoms with van der Waals surface area (Å²) in [5.74, 6) is 0.165. The normalized spacial score (nSPS) is 13.4. The number of rotatable bonds is 8. The molecule has 1 atom stereocenters. The van der Waals surface area contributed by atoms with Gasteiger partial charge in [-0.25, -0.2) is 4.39 Å². The molecule has 0 radical (unpaired) electrons. The molecule has 1 rings (SSSR count). The molecule has 1 aromatic carbocycles. The molecule has 0 saturated carbocycles. The molecule has 2 N–H and O–H groups in total. The maximum Gasteiger partial charge on any atom is 0.142 e. The van der Waals surface area contributed by atoms with Crippen molar-refractivity contribution < 1.29 is 4.39 Å². The molecule has 0 aliphatic heterocycles. The average Bonchev–Trinajstić information content (AvgIpc) is 2.44. The molecule has 0 aromatic heterocycles.